The lowest BCUT2D eigenvalue weighted by Crippen LogP contribution is -2.28. The number of aromatic amines is 1. The van der Waals surface area contributed by atoms with E-state index in [-0.39, 0.29) is 19.0 Å². The lowest BCUT2D eigenvalue weighted by Gasteiger charge is -2.06. The van der Waals surface area contributed by atoms with Crippen LogP contribution in [0.5, 0.6) is 0 Å². The first-order valence-corrected chi connectivity index (χ1v) is 5.83. The van der Waals surface area contributed by atoms with Crippen molar-refractivity contribution < 1.29 is 14.7 Å². The molecule has 2 aromatic rings. The van der Waals surface area contributed by atoms with E-state index in [9.17, 15) is 9.59 Å². The highest BCUT2D eigenvalue weighted by Crippen LogP contribution is 2.09. The molecule has 0 aliphatic rings. The highest BCUT2D eigenvalue weighted by atomic mass is 16.4. The zero-order valence-corrected chi connectivity index (χ0v) is 10.5. The van der Waals surface area contributed by atoms with E-state index in [0.717, 1.165) is 0 Å². The quantitative estimate of drug-likeness (QED) is 0.642. The van der Waals surface area contributed by atoms with E-state index in [0.29, 0.717) is 17.1 Å². The normalized spacial score (nSPS) is 10.0. The second-order valence-electron chi connectivity index (χ2n) is 4.01. The molecule has 0 atom stereocenters. The predicted octanol–water partition coefficient (Wildman–Crippen LogP) is 0.753. The number of rotatable bonds is 5. The van der Waals surface area contributed by atoms with Crippen LogP contribution in [0.1, 0.15) is 11.4 Å². The Morgan fingerprint density at radius 1 is 1.25 bits per heavy atom. The Hall–Kier alpha value is -2.90. The molecule has 0 spiro atoms. The Morgan fingerprint density at radius 2 is 2.00 bits per heavy atom. The van der Waals surface area contributed by atoms with Gasteiger partial charge in [0.25, 0.3) is 0 Å². The van der Waals surface area contributed by atoms with Gasteiger partial charge in [0.05, 0.1) is 13.0 Å². The predicted molar refractivity (Wildman–Crippen MR) is 70.0 cm³/mol. The van der Waals surface area contributed by atoms with E-state index in [1.54, 1.807) is 24.3 Å². The van der Waals surface area contributed by atoms with Crippen LogP contribution in [0.4, 0.5) is 10.5 Å². The van der Waals surface area contributed by atoms with Gasteiger partial charge in [-0.2, -0.15) is 5.10 Å². The van der Waals surface area contributed by atoms with E-state index < -0.39 is 5.97 Å². The van der Waals surface area contributed by atoms with Crippen LogP contribution in [0, 0.1) is 0 Å². The van der Waals surface area contributed by atoms with Crippen molar-refractivity contribution in [3.63, 3.8) is 0 Å². The van der Waals surface area contributed by atoms with E-state index >= 15 is 0 Å². The molecule has 0 unspecified atom stereocenters. The van der Waals surface area contributed by atoms with Gasteiger partial charge in [-0.05, 0) is 17.7 Å². The maximum Gasteiger partial charge on any atom is 0.319 e. The highest BCUT2D eigenvalue weighted by molar-refractivity contribution is 5.89. The molecule has 0 aliphatic carbocycles. The van der Waals surface area contributed by atoms with Crippen molar-refractivity contribution in [1.29, 1.82) is 0 Å². The second kappa shape index (κ2) is 6.32. The lowest BCUT2D eigenvalue weighted by atomic mass is 10.1. The molecule has 2 amide bonds. The smallest absolute Gasteiger partial charge is 0.319 e. The molecule has 8 nitrogen and oxygen atoms in total. The first-order chi connectivity index (χ1) is 9.63. The van der Waals surface area contributed by atoms with Crippen molar-refractivity contribution in [2.24, 2.45) is 0 Å². The summed E-state index contributed by atoms with van der Waals surface area (Å²) >= 11 is 0. The van der Waals surface area contributed by atoms with Crippen LogP contribution in [0.3, 0.4) is 0 Å². The SMILES string of the molecule is O=C(O)Cc1ccc(NC(=O)NCc2ncn[nH]2)cc1. The summed E-state index contributed by atoms with van der Waals surface area (Å²) in [6.07, 6.45) is 1.31. The van der Waals surface area contributed by atoms with Gasteiger partial charge in [0.15, 0.2) is 0 Å². The number of H-pyrrole nitrogens is 1. The molecule has 0 aliphatic heterocycles. The molecule has 8 heteroatoms. The number of aromatic nitrogens is 3. The number of amides is 2. The van der Waals surface area contributed by atoms with E-state index in [4.69, 9.17) is 5.11 Å². The molecule has 1 aromatic heterocycles. The average molecular weight is 275 g/mol. The maximum atomic E-state index is 11.6. The molecular weight excluding hydrogens is 262 g/mol. The fourth-order valence-corrected chi connectivity index (χ4v) is 1.54. The molecular formula is C12H13N5O3. The van der Waals surface area contributed by atoms with E-state index in [1.807, 2.05) is 0 Å². The van der Waals surface area contributed by atoms with Gasteiger partial charge in [0, 0.05) is 5.69 Å². The number of carbonyl (C=O) groups excluding carboxylic acids is 1. The molecule has 0 bridgehead atoms. The Morgan fingerprint density at radius 3 is 2.60 bits per heavy atom. The zero-order chi connectivity index (χ0) is 14.4. The minimum absolute atomic E-state index is 0.0437. The molecule has 2 rings (SSSR count). The summed E-state index contributed by atoms with van der Waals surface area (Å²) in [6, 6.07) is 6.21. The summed E-state index contributed by atoms with van der Waals surface area (Å²) in [5.74, 6) is -0.340. The average Bonchev–Trinajstić information content (AvgIpc) is 2.91. The number of carboxylic acid groups (broad SMARTS) is 1. The van der Waals surface area contributed by atoms with Crippen molar-refractivity contribution in [2.75, 3.05) is 5.32 Å². The molecule has 0 fully saturated rings. The number of nitrogens with zero attached hydrogens (tertiary/aromatic N) is 2. The third kappa shape index (κ3) is 4.09. The number of hydrogen-bond donors (Lipinski definition) is 4. The van der Waals surface area contributed by atoms with Crippen LogP contribution in [0.2, 0.25) is 0 Å². The van der Waals surface area contributed by atoms with Gasteiger partial charge in [0.1, 0.15) is 12.2 Å². The van der Waals surface area contributed by atoms with Crippen LogP contribution in [0.15, 0.2) is 30.6 Å². The molecule has 1 aromatic carbocycles. The zero-order valence-electron chi connectivity index (χ0n) is 10.5. The second-order valence-corrected chi connectivity index (χ2v) is 4.01. The highest BCUT2D eigenvalue weighted by Gasteiger charge is 2.04. The van der Waals surface area contributed by atoms with Gasteiger partial charge in [-0.25, -0.2) is 9.78 Å². The van der Waals surface area contributed by atoms with Gasteiger partial charge in [-0.1, -0.05) is 12.1 Å². The van der Waals surface area contributed by atoms with Crippen LogP contribution in [-0.2, 0) is 17.8 Å². The monoisotopic (exact) mass is 275 g/mol. The minimum Gasteiger partial charge on any atom is -0.481 e. The van der Waals surface area contributed by atoms with Crippen molar-refractivity contribution in [2.45, 2.75) is 13.0 Å². The van der Waals surface area contributed by atoms with Crippen LogP contribution in [-0.4, -0.2) is 32.3 Å². The maximum absolute atomic E-state index is 11.6. The van der Waals surface area contributed by atoms with Crippen molar-refractivity contribution >= 4 is 17.7 Å². The van der Waals surface area contributed by atoms with Crippen molar-refractivity contribution in [1.82, 2.24) is 20.5 Å². The summed E-state index contributed by atoms with van der Waals surface area (Å²) < 4.78 is 0. The van der Waals surface area contributed by atoms with Gasteiger partial charge >= 0.3 is 12.0 Å². The molecule has 1 heterocycles. The molecule has 20 heavy (non-hydrogen) atoms. The summed E-state index contributed by atoms with van der Waals surface area (Å²) in [5.41, 5.74) is 1.25. The minimum atomic E-state index is -0.893. The fraction of sp³-hybridized carbons (Fsp3) is 0.167. The molecule has 0 radical (unpaired) electrons. The van der Waals surface area contributed by atoms with Gasteiger partial charge < -0.3 is 15.7 Å². The van der Waals surface area contributed by atoms with Crippen LogP contribution >= 0.6 is 0 Å². The third-order valence-corrected chi connectivity index (χ3v) is 2.45. The summed E-state index contributed by atoms with van der Waals surface area (Å²) in [7, 11) is 0. The largest absolute Gasteiger partial charge is 0.481 e. The van der Waals surface area contributed by atoms with E-state index in [1.165, 1.54) is 6.33 Å². The van der Waals surface area contributed by atoms with Gasteiger partial charge in [-0.15, -0.1) is 0 Å². The number of anilines is 1. The number of nitrogens with one attached hydrogen (secondary N) is 3. The number of aliphatic carboxylic acids is 1. The standard InChI is InChI=1S/C12H13N5O3/c18-11(19)5-8-1-3-9(4-2-8)16-12(20)13-6-10-14-7-15-17-10/h1-4,7H,5-6H2,(H,18,19)(H2,13,16,20)(H,14,15,17). The fourth-order valence-electron chi connectivity index (χ4n) is 1.54. The van der Waals surface area contributed by atoms with Crippen LogP contribution in [0.25, 0.3) is 0 Å². The Bertz CT molecular complexity index is 580. The first kappa shape index (κ1) is 13.5. The topological polar surface area (TPSA) is 120 Å². The summed E-state index contributed by atoms with van der Waals surface area (Å²) in [6.45, 7) is 0.239. The molecule has 104 valence electrons. The Balaban J connectivity index is 1.83. The summed E-state index contributed by atoms with van der Waals surface area (Å²) in [4.78, 5) is 26.0. The van der Waals surface area contributed by atoms with Crippen molar-refractivity contribution in [3.8, 4) is 0 Å². The Labute approximate surface area is 114 Å². The molecule has 0 saturated carbocycles. The van der Waals surface area contributed by atoms with Gasteiger partial charge in [-0.3, -0.25) is 9.89 Å². The van der Waals surface area contributed by atoms with Gasteiger partial charge in [0.2, 0.25) is 0 Å². The molecule has 4 N–H and O–H groups in total. The van der Waals surface area contributed by atoms with Crippen LogP contribution < -0.4 is 10.6 Å². The molecule has 0 saturated heterocycles. The number of benzene rings is 1. The number of urea groups is 1. The number of carboxylic acids is 1. The number of hydrogen-bond acceptors (Lipinski definition) is 4. The summed E-state index contributed by atoms with van der Waals surface area (Å²) in [5, 5.41) is 20.2. The van der Waals surface area contributed by atoms with E-state index in [2.05, 4.69) is 25.8 Å². The number of carbonyl (C=O) groups is 2. The first-order valence-electron chi connectivity index (χ1n) is 5.83. The Kier molecular flexibility index (Phi) is 4.28. The third-order valence-electron chi connectivity index (χ3n) is 2.45. The van der Waals surface area contributed by atoms with Crippen molar-refractivity contribution in [3.05, 3.63) is 42.0 Å². The lowest BCUT2D eigenvalue weighted by molar-refractivity contribution is -0.136.